The lowest BCUT2D eigenvalue weighted by Crippen LogP contribution is -2.48. The van der Waals surface area contributed by atoms with Crippen LogP contribution >= 0.6 is 0 Å². The molecule has 98 valence electrons. The molecule has 2 N–H and O–H groups in total. The van der Waals surface area contributed by atoms with Gasteiger partial charge in [0.2, 0.25) is 17.7 Å². The van der Waals surface area contributed by atoms with Crippen LogP contribution in [0.25, 0.3) is 0 Å². The van der Waals surface area contributed by atoms with Gasteiger partial charge in [-0.1, -0.05) is 13.3 Å². The molecule has 0 fully saturated rings. The van der Waals surface area contributed by atoms with Gasteiger partial charge in [0, 0.05) is 21.0 Å². The van der Waals surface area contributed by atoms with Gasteiger partial charge in [0.15, 0.2) is 0 Å². The number of amides is 3. The van der Waals surface area contributed by atoms with E-state index < -0.39 is 6.04 Å². The second-order valence-electron chi connectivity index (χ2n) is 3.91. The molecule has 0 aliphatic rings. The predicted octanol–water partition coefficient (Wildman–Crippen LogP) is -0.504. The van der Waals surface area contributed by atoms with E-state index in [9.17, 15) is 14.4 Å². The third-order valence-electron chi connectivity index (χ3n) is 2.29. The lowest BCUT2D eigenvalue weighted by atomic mass is 10.1. The van der Waals surface area contributed by atoms with E-state index in [1.807, 2.05) is 6.92 Å². The smallest absolute Gasteiger partial charge is 0.245 e. The fraction of sp³-hybridized carbons (Fsp3) is 0.727. The van der Waals surface area contributed by atoms with Crippen molar-refractivity contribution in [3.05, 3.63) is 0 Å². The fourth-order valence-corrected chi connectivity index (χ4v) is 1.43. The van der Waals surface area contributed by atoms with E-state index in [-0.39, 0.29) is 24.3 Å². The second kappa shape index (κ2) is 7.65. The van der Waals surface area contributed by atoms with Gasteiger partial charge in [-0.15, -0.1) is 0 Å². The second-order valence-corrected chi connectivity index (χ2v) is 3.91. The summed E-state index contributed by atoms with van der Waals surface area (Å²) in [6, 6.07) is -0.549. The molecule has 0 aromatic heterocycles. The maximum atomic E-state index is 12.0. The van der Waals surface area contributed by atoms with Gasteiger partial charge < -0.3 is 15.5 Å². The highest BCUT2D eigenvalue weighted by Gasteiger charge is 2.22. The number of carbonyl (C=O) groups is 3. The van der Waals surface area contributed by atoms with Crippen LogP contribution in [0.5, 0.6) is 0 Å². The van der Waals surface area contributed by atoms with Crippen LogP contribution in [-0.2, 0) is 14.4 Å². The van der Waals surface area contributed by atoms with Crippen molar-refractivity contribution in [2.45, 2.75) is 32.7 Å². The quantitative estimate of drug-likeness (QED) is 0.660. The Kier molecular flexibility index (Phi) is 6.93. The summed E-state index contributed by atoms with van der Waals surface area (Å²) in [7, 11) is 3.06. The maximum Gasteiger partial charge on any atom is 0.245 e. The van der Waals surface area contributed by atoms with Crippen LogP contribution in [0.4, 0.5) is 0 Å². The first kappa shape index (κ1) is 15.4. The summed E-state index contributed by atoms with van der Waals surface area (Å²) in [5.41, 5.74) is 0. The van der Waals surface area contributed by atoms with Gasteiger partial charge in [0.25, 0.3) is 0 Å². The number of likely N-dealkylation sites (N-methyl/N-ethyl adjacent to an activating group) is 2. The summed E-state index contributed by atoms with van der Waals surface area (Å²) >= 11 is 0. The van der Waals surface area contributed by atoms with E-state index in [0.29, 0.717) is 6.42 Å². The predicted molar refractivity (Wildman–Crippen MR) is 64.2 cm³/mol. The zero-order valence-corrected chi connectivity index (χ0v) is 10.9. The van der Waals surface area contributed by atoms with Crippen LogP contribution in [0.1, 0.15) is 26.7 Å². The average molecular weight is 243 g/mol. The molecule has 0 rings (SSSR count). The molecular weight excluding hydrogens is 222 g/mol. The van der Waals surface area contributed by atoms with Crippen molar-refractivity contribution in [3.8, 4) is 0 Å². The molecule has 3 amide bonds. The first-order chi connectivity index (χ1) is 7.92. The zero-order chi connectivity index (χ0) is 13.4. The molecule has 0 aliphatic heterocycles. The fourth-order valence-electron chi connectivity index (χ4n) is 1.43. The van der Waals surface area contributed by atoms with Crippen molar-refractivity contribution < 1.29 is 14.4 Å². The molecule has 0 aliphatic carbocycles. The Morgan fingerprint density at radius 1 is 1.29 bits per heavy atom. The zero-order valence-electron chi connectivity index (χ0n) is 10.9. The van der Waals surface area contributed by atoms with E-state index in [0.717, 1.165) is 6.42 Å². The molecule has 1 unspecified atom stereocenters. The Morgan fingerprint density at radius 3 is 2.29 bits per heavy atom. The molecule has 0 radical (unpaired) electrons. The highest BCUT2D eigenvalue weighted by molar-refractivity contribution is 5.89. The van der Waals surface area contributed by atoms with Crippen molar-refractivity contribution in [1.29, 1.82) is 0 Å². The number of hydrogen-bond donors (Lipinski definition) is 2. The highest BCUT2D eigenvalue weighted by atomic mass is 16.2. The molecular formula is C11H21N3O3. The van der Waals surface area contributed by atoms with Crippen LogP contribution in [0, 0.1) is 0 Å². The molecule has 6 heteroatoms. The minimum atomic E-state index is -0.549. The molecule has 6 nitrogen and oxygen atoms in total. The molecule has 17 heavy (non-hydrogen) atoms. The summed E-state index contributed by atoms with van der Waals surface area (Å²) in [4.78, 5) is 35.4. The average Bonchev–Trinajstić information content (AvgIpc) is 2.26. The van der Waals surface area contributed by atoms with Crippen molar-refractivity contribution >= 4 is 17.7 Å². The summed E-state index contributed by atoms with van der Waals surface area (Å²) in [5.74, 6) is -0.727. The Balaban J connectivity index is 4.48. The van der Waals surface area contributed by atoms with Crippen LogP contribution in [-0.4, -0.2) is 49.3 Å². The normalized spacial score (nSPS) is 11.5. The van der Waals surface area contributed by atoms with E-state index >= 15 is 0 Å². The number of nitrogens with one attached hydrogen (secondary N) is 2. The number of nitrogens with zero attached hydrogens (tertiary/aromatic N) is 1. The van der Waals surface area contributed by atoms with Gasteiger partial charge >= 0.3 is 0 Å². The third-order valence-corrected chi connectivity index (χ3v) is 2.29. The summed E-state index contributed by atoms with van der Waals surface area (Å²) in [5, 5.41) is 5.03. The van der Waals surface area contributed by atoms with E-state index in [1.165, 1.54) is 18.9 Å². The van der Waals surface area contributed by atoms with Crippen molar-refractivity contribution in [1.82, 2.24) is 15.5 Å². The first-order valence-electron chi connectivity index (χ1n) is 5.65. The first-order valence-corrected chi connectivity index (χ1v) is 5.65. The third kappa shape index (κ3) is 5.89. The number of rotatable bonds is 6. The van der Waals surface area contributed by atoms with Gasteiger partial charge in [-0.25, -0.2) is 0 Å². The minimum absolute atomic E-state index is 0.00483. The lowest BCUT2D eigenvalue weighted by Gasteiger charge is -2.23. The van der Waals surface area contributed by atoms with Crippen molar-refractivity contribution in [3.63, 3.8) is 0 Å². The highest BCUT2D eigenvalue weighted by Crippen LogP contribution is 2.01. The Labute approximate surface area is 102 Å². The van der Waals surface area contributed by atoms with E-state index in [2.05, 4.69) is 10.6 Å². The Morgan fingerprint density at radius 2 is 1.88 bits per heavy atom. The monoisotopic (exact) mass is 243 g/mol. The van der Waals surface area contributed by atoms with Crippen LogP contribution in [0.3, 0.4) is 0 Å². The van der Waals surface area contributed by atoms with E-state index in [1.54, 1.807) is 7.05 Å². The maximum absolute atomic E-state index is 12.0. The van der Waals surface area contributed by atoms with Gasteiger partial charge in [-0.3, -0.25) is 14.4 Å². The lowest BCUT2D eigenvalue weighted by molar-refractivity contribution is -0.138. The summed E-state index contributed by atoms with van der Waals surface area (Å²) in [6.45, 7) is 3.30. The van der Waals surface area contributed by atoms with Gasteiger partial charge in [0.05, 0.1) is 6.54 Å². The molecule has 0 bridgehead atoms. The molecule has 0 saturated carbocycles. The van der Waals surface area contributed by atoms with Crippen molar-refractivity contribution in [2.24, 2.45) is 0 Å². The van der Waals surface area contributed by atoms with E-state index in [4.69, 9.17) is 0 Å². The molecule has 0 heterocycles. The number of hydrogen-bond acceptors (Lipinski definition) is 3. The summed E-state index contributed by atoms with van der Waals surface area (Å²) < 4.78 is 0. The van der Waals surface area contributed by atoms with Crippen molar-refractivity contribution in [2.75, 3.05) is 20.6 Å². The van der Waals surface area contributed by atoms with Gasteiger partial charge in [0.1, 0.15) is 6.04 Å². The molecule has 0 spiro atoms. The Hall–Kier alpha value is -1.59. The number of carbonyl (C=O) groups excluding carboxylic acids is 3. The van der Waals surface area contributed by atoms with Gasteiger partial charge in [-0.05, 0) is 6.42 Å². The standard InChI is InChI=1S/C11H21N3O3/c1-5-6-9(13-8(2)15)11(17)14(4)7-10(16)12-3/h9H,5-7H2,1-4H3,(H,12,16)(H,13,15). The SMILES string of the molecule is CCCC(NC(C)=O)C(=O)N(C)CC(=O)NC. The van der Waals surface area contributed by atoms with Crippen LogP contribution in [0.2, 0.25) is 0 Å². The van der Waals surface area contributed by atoms with Crippen LogP contribution < -0.4 is 10.6 Å². The topological polar surface area (TPSA) is 78.5 Å². The molecule has 1 atom stereocenters. The summed E-state index contributed by atoms with van der Waals surface area (Å²) in [6.07, 6.45) is 1.35. The van der Waals surface area contributed by atoms with Crippen LogP contribution in [0.15, 0.2) is 0 Å². The molecule has 0 aromatic carbocycles. The molecule has 0 aromatic rings. The molecule has 0 saturated heterocycles. The largest absolute Gasteiger partial charge is 0.358 e. The minimum Gasteiger partial charge on any atom is -0.358 e. The van der Waals surface area contributed by atoms with Gasteiger partial charge in [-0.2, -0.15) is 0 Å². The Bertz CT molecular complexity index is 292.